The Labute approximate surface area is 165 Å². The first-order chi connectivity index (χ1) is 13.8. The van der Waals surface area contributed by atoms with E-state index in [0.717, 1.165) is 12.1 Å². The second kappa shape index (κ2) is 9.72. The number of hydrogen-bond donors (Lipinski definition) is 0. The number of benzene rings is 2. The van der Waals surface area contributed by atoms with E-state index in [4.69, 9.17) is 9.68 Å². The van der Waals surface area contributed by atoms with Gasteiger partial charge in [-0.05, 0) is 41.4 Å². The van der Waals surface area contributed by atoms with Crippen molar-refractivity contribution in [2.45, 2.75) is 19.5 Å². The Kier molecular flexibility index (Phi) is 7.35. The summed E-state index contributed by atoms with van der Waals surface area (Å²) >= 11 is 0. The van der Waals surface area contributed by atoms with Crippen LogP contribution in [0.3, 0.4) is 0 Å². The van der Waals surface area contributed by atoms with Gasteiger partial charge in [0.1, 0.15) is 7.11 Å². The van der Waals surface area contributed by atoms with Crippen molar-refractivity contribution in [3.63, 3.8) is 0 Å². The number of methoxy groups -OCH3 is 1. The summed E-state index contributed by atoms with van der Waals surface area (Å²) in [5.74, 6) is -0.517. The Bertz CT molecular complexity index is 924. The van der Waals surface area contributed by atoms with Crippen LogP contribution in [-0.4, -0.2) is 31.8 Å². The number of carbonyl (C=O) groups excluding carboxylic acids is 1. The molecule has 0 N–H and O–H groups in total. The first kappa shape index (κ1) is 21.9. The lowest BCUT2D eigenvalue weighted by Gasteiger charge is -2.10. The van der Waals surface area contributed by atoms with E-state index < -0.39 is 17.7 Å². The maximum atomic E-state index is 12.9. The molecule has 2 rings (SSSR count). The smallest absolute Gasteiger partial charge is 0.416 e. The molecule has 0 aliphatic carbocycles. The normalized spacial score (nSPS) is 12.5. The van der Waals surface area contributed by atoms with Gasteiger partial charge in [-0.3, -0.25) is 4.79 Å². The van der Waals surface area contributed by atoms with Gasteiger partial charge in [0.05, 0.1) is 24.8 Å². The van der Waals surface area contributed by atoms with Crippen molar-refractivity contribution in [2.24, 2.45) is 10.3 Å². The maximum absolute atomic E-state index is 12.9. The van der Waals surface area contributed by atoms with E-state index >= 15 is 0 Å². The number of esters is 1. The van der Waals surface area contributed by atoms with E-state index in [-0.39, 0.29) is 23.6 Å². The molecule has 0 unspecified atom stereocenters. The van der Waals surface area contributed by atoms with Gasteiger partial charge in [-0.2, -0.15) is 13.2 Å². The molecule has 0 aliphatic rings. The van der Waals surface area contributed by atoms with Gasteiger partial charge in [-0.25, -0.2) is 0 Å². The Morgan fingerprint density at radius 3 is 2.41 bits per heavy atom. The van der Waals surface area contributed by atoms with Crippen LogP contribution < -0.4 is 0 Å². The number of ether oxygens (including phenoxy) is 1. The molecular formula is C20H19F3N2O4. The third-order valence-corrected chi connectivity index (χ3v) is 3.86. The van der Waals surface area contributed by atoms with Crippen molar-refractivity contribution in [2.75, 3.05) is 14.2 Å². The third-order valence-electron chi connectivity index (χ3n) is 3.86. The van der Waals surface area contributed by atoms with E-state index in [1.54, 1.807) is 24.3 Å². The summed E-state index contributed by atoms with van der Waals surface area (Å²) < 4.78 is 43.4. The Balaban J connectivity index is 2.31. The summed E-state index contributed by atoms with van der Waals surface area (Å²) in [5.41, 5.74) is 0.631. The van der Waals surface area contributed by atoms with Gasteiger partial charge in [0.2, 0.25) is 0 Å². The molecule has 9 heteroatoms. The number of halogens is 3. The Morgan fingerprint density at radius 2 is 1.76 bits per heavy atom. The minimum atomic E-state index is -4.47. The number of oxime groups is 2. The highest BCUT2D eigenvalue weighted by Gasteiger charge is 2.30. The molecular weight excluding hydrogens is 389 g/mol. The number of nitrogens with zero attached hydrogens (tertiary/aromatic N) is 2. The fourth-order valence-electron chi connectivity index (χ4n) is 2.39. The van der Waals surface area contributed by atoms with Crippen LogP contribution in [0.2, 0.25) is 0 Å². The SMILES string of the molecule is CO/N=C(/O/N=C(\C)c1cccc(C(F)(F)F)c1)c1ccccc1CC(=O)OC. The van der Waals surface area contributed by atoms with Crippen molar-refractivity contribution in [1.82, 2.24) is 0 Å². The van der Waals surface area contributed by atoms with E-state index in [2.05, 4.69) is 15.0 Å². The number of hydrogen-bond acceptors (Lipinski definition) is 6. The second-order valence-corrected chi connectivity index (χ2v) is 5.84. The van der Waals surface area contributed by atoms with E-state index in [1.165, 1.54) is 33.3 Å². The van der Waals surface area contributed by atoms with Gasteiger partial charge in [0.25, 0.3) is 5.90 Å². The van der Waals surface area contributed by atoms with Crippen LogP contribution in [0.25, 0.3) is 0 Å². The number of alkyl halides is 3. The summed E-state index contributed by atoms with van der Waals surface area (Å²) in [5, 5.41) is 7.64. The molecule has 0 saturated carbocycles. The van der Waals surface area contributed by atoms with Gasteiger partial charge in [-0.1, -0.05) is 35.5 Å². The fourth-order valence-corrected chi connectivity index (χ4v) is 2.39. The molecule has 0 aliphatic heterocycles. The lowest BCUT2D eigenvalue weighted by Crippen LogP contribution is -2.13. The molecule has 0 heterocycles. The molecule has 0 radical (unpaired) electrons. The lowest BCUT2D eigenvalue weighted by molar-refractivity contribution is -0.140. The second-order valence-electron chi connectivity index (χ2n) is 5.84. The van der Waals surface area contributed by atoms with E-state index in [9.17, 15) is 18.0 Å². The molecule has 154 valence electrons. The molecule has 0 atom stereocenters. The van der Waals surface area contributed by atoms with Gasteiger partial charge < -0.3 is 14.4 Å². The van der Waals surface area contributed by atoms with Gasteiger partial charge in [-0.15, -0.1) is 0 Å². The quantitative estimate of drug-likeness (QED) is 0.311. The molecule has 0 bridgehead atoms. The highest BCUT2D eigenvalue weighted by atomic mass is 19.4. The fraction of sp³-hybridized carbons (Fsp3) is 0.250. The average Bonchev–Trinajstić information content (AvgIpc) is 2.70. The lowest BCUT2D eigenvalue weighted by atomic mass is 10.0. The first-order valence-corrected chi connectivity index (χ1v) is 8.41. The predicted octanol–water partition coefficient (Wildman–Crippen LogP) is 4.17. The molecule has 2 aromatic rings. The highest BCUT2D eigenvalue weighted by Crippen LogP contribution is 2.29. The number of rotatable bonds is 6. The van der Waals surface area contributed by atoms with E-state index in [0.29, 0.717) is 11.1 Å². The molecule has 0 fully saturated rings. The minimum Gasteiger partial charge on any atom is -0.469 e. The van der Waals surface area contributed by atoms with Crippen LogP contribution in [0.1, 0.15) is 29.2 Å². The van der Waals surface area contributed by atoms with Gasteiger partial charge in [0, 0.05) is 5.56 Å². The third kappa shape index (κ3) is 6.06. The predicted molar refractivity (Wildman–Crippen MR) is 100 cm³/mol. The van der Waals surface area contributed by atoms with Crippen LogP contribution >= 0.6 is 0 Å². The van der Waals surface area contributed by atoms with Crippen molar-refractivity contribution in [1.29, 1.82) is 0 Å². The Hall–Kier alpha value is -3.36. The van der Waals surface area contributed by atoms with Crippen LogP contribution in [0.15, 0.2) is 58.8 Å². The summed E-state index contributed by atoms with van der Waals surface area (Å²) in [6.45, 7) is 1.50. The highest BCUT2D eigenvalue weighted by molar-refractivity contribution is 6.00. The molecule has 0 saturated heterocycles. The van der Waals surface area contributed by atoms with Crippen molar-refractivity contribution in [3.8, 4) is 0 Å². The van der Waals surface area contributed by atoms with Gasteiger partial charge in [0.15, 0.2) is 0 Å². The largest absolute Gasteiger partial charge is 0.469 e. The minimum absolute atomic E-state index is 0.0326. The standard InChI is InChI=1S/C20H19F3N2O4/c1-13(14-8-6-9-16(11-14)20(21,22)23)24-29-19(25-28-3)17-10-5-4-7-15(17)12-18(26)27-2/h4-11H,12H2,1-3H3/b24-13+,25-19+. The summed E-state index contributed by atoms with van der Waals surface area (Å²) in [6, 6.07) is 11.5. The summed E-state index contributed by atoms with van der Waals surface area (Å²) in [4.78, 5) is 21.7. The maximum Gasteiger partial charge on any atom is 0.416 e. The zero-order chi connectivity index (χ0) is 21.4. The zero-order valence-corrected chi connectivity index (χ0v) is 16.0. The monoisotopic (exact) mass is 408 g/mol. The van der Waals surface area contributed by atoms with Crippen LogP contribution in [0.4, 0.5) is 13.2 Å². The molecule has 0 spiro atoms. The summed E-state index contributed by atoms with van der Waals surface area (Å²) in [6.07, 6.45) is -4.50. The Morgan fingerprint density at radius 1 is 1.03 bits per heavy atom. The molecule has 0 amide bonds. The molecule has 0 aromatic heterocycles. The molecule has 6 nitrogen and oxygen atoms in total. The van der Waals surface area contributed by atoms with Crippen molar-refractivity contribution >= 4 is 17.6 Å². The zero-order valence-electron chi connectivity index (χ0n) is 16.0. The topological polar surface area (TPSA) is 69.5 Å². The van der Waals surface area contributed by atoms with Crippen molar-refractivity contribution in [3.05, 3.63) is 70.8 Å². The van der Waals surface area contributed by atoms with Crippen LogP contribution in [0, 0.1) is 0 Å². The summed E-state index contributed by atoms with van der Waals surface area (Å²) in [7, 11) is 2.57. The van der Waals surface area contributed by atoms with Crippen LogP contribution in [0.5, 0.6) is 0 Å². The average molecular weight is 408 g/mol. The molecule has 2 aromatic carbocycles. The van der Waals surface area contributed by atoms with Crippen molar-refractivity contribution < 1.29 is 32.4 Å². The van der Waals surface area contributed by atoms with E-state index in [1.807, 2.05) is 0 Å². The molecule has 29 heavy (non-hydrogen) atoms. The van der Waals surface area contributed by atoms with Gasteiger partial charge >= 0.3 is 12.1 Å². The first-order valence-electron chi connectivity index (χ1n) is 8.41. The van der Waals surface area contributed by atoms with Crippen LogP contribution in [-0.2, 0) is 31.8 Å². The number of carbonyl (C=O) groups is 1.